The zero-order valence-corrected chi connectivity index (χ0v) is 12.1. The zero-order valence-electron chi connectivity index (χ0n) is 12.1. The summed E-state index contributed by atoms with van der Waals surface area (Å²) in [6.45, 7) is 0.597. The Balaban J connectivity index is 1.65. The molecule has 3 rings (SSSR count). The molecule has 0 aromatic heterocycles. The number of rotatable bonds is 4. The van der Waals surface area contributed by atoms with Gasteiger partial charge in [0, 0.05) is 6.42 Å². The Hall–Kier alpha value is -2.27. The van der Waals surface area contributed by atoms with Crippen molar-refractivity contribution in [1.29, 1.82) is 5.26 Å². The second-order valence-corrected chi connectivity index (χ2v) is 5.75. The average Bonchev–Trinajstić information content (AvgIpc) is 2.56. The van der Waals surface area contributed by atoms with E-state index in [1.54, 1.807) is 0 Å². The van der Waals surface area contributed by atoms with Crippen molar-refractivity contribution < 1.29 is 4.74 Å². The minimum absolute atomic E-state index is 0.275. The number of hydrogen-bond acceptors (Lipinski definition) is 2. The van der Waals surface area contributed by atoms with Crippen LogP contribution in [0.4, 0.5) is 0 Å². The number of aryl methyl sites for hydroxylation is 1. The summed E-state index contributed by atoms with van der Waals surface area (Å²) in [6.07, 6.45) is 3.55. The molecule has 0 fully saturated rings. The molecule has 0 saturated heterocycles. The van der Waals surface area contributed by atoms with E-state index in [0.717, 1.165) is 31.4 Å². The van der Waals surface area contributed by atoms with Crippen LogP contribution in [0.1, 0.15) is 24.0 Å². The first kappa shape index (κ1) is 13.7. The molecule has 0 radical (unpaired) electrons. The van der Waals surface area contributed by atoms with Crippen LogP contribution in [-0.4, -0.2) is 6.61 Å². The Morgan fingerprint density at radius 2 is 1.71 bits per heavy atom. The van der Waals surface area contributed by atoms with E-state index in [1.807, 2.05) is 30.3 Å². The topological polar surface area (TPSA) is 33.0 Å². The van der Waals surface area contributed by atoms with Gasteiger partial charge in [-0.25, -0.2) is 0 Å². The molecule has 2 nitrogen and oxygen atoms in total. The molecule has 1 unspecified atom stereocenters. The summed E-state index contributed by atoms with van der Waals surface area (Å²) >= 11 is 0. The molecular weight excluding hydrogens is 258 g/mol. The predicted molar refractivity (Wildman–Crippen MR) is 83.1 cm³/mol. The van der Waals surface area contributed by atoms with E-state index < -0.39 is 0 Å². The molecule has 1 atom stereocenters. The maximum absolute atomic E-state index is 9.66. The summed E-state index contributed by atoms with van der Waals surface area (Å²) in [5.41, 5.74) is 2.45. The maximum atomic E-state index is 9.66. The second-order valence-electron chi connectivity index (χ2n) is 5.75. The van der Waals surface area contributed by atoms with Crippen molar-refractivity contribution in [2.75, 3.05) is 6.61 Å². The standard InChI is InChI=1S/C19H19NO/c20-15-19(12-13-21-18-8-2-1-3-9-18)11-10-16-6-4-5-7-17(16)14-19/h1-9H,10-14H2. The average molecular weight is 277 g/mol. The maximum Gasteiger partial charge on any atom is 0.119 e. The second kappa shape index (κ2) is 6.01. The number of fused-ring (bicyclic) bond motifs is 1. The fourth-order valence-electron chi connectivity index (χ4n) is 3.05. The van der Waals surface area contributed by atoms with Crippen molar-refractivity contribution in [3.63, 3.8) is 0 Å². The number of hydrogen-bond donors (Lipinski definition) is 0. The fourth-order valence-corrected chi connectivity index (χ4v) is 3.05. The lowest BCUT2D eigenvalue weighted by atomic mass is 9.71. The van der Waals surface area contributed by atoms with Crippen molar-refractivity contribution in [3.05, 3.63) is 65.7 Å². The lowest BCUT2D eigenvalue weighted by Crippen LogP contribution is -2.29. The molecule has 1 aliphatic carbocycles. The molecular formula is C19H19NO. The Labute approximate surface area is 126 Å². The fraction of sp³-hybridized carbons (Fsp3) is 0.316. The first-order valence-corrected chi connectivity index (χ1v) is 7.47. The largest absolute Gasteiger partial charge is 0.494 e. The summed E-state index contributed by atoms with van der Waals surface area (Å²) in [5, 5.41) is 9.66. The van der Waals surface area contributed by atoms with Gasteiger partial charge in [0.2, 0.25) is 0 Å². The highest BCUT2D eigenvalue weighted by Gasteiger charge is 2.34. The van der Waals surface area contributed by atoms with E-state index >= 15 is 0 Å². The van der Waals surface area contributed by atoms with Gasteiger partial charge in [-0.3, -0.25) is 0 Å². The summed E-state index contributed by atoms with van der Waals surface area (Å²) in [6, 6.07) is 20.8. The molecule has 21 heavy (non-hydrogen) atoms. The molecule has 2 aromatic carbocycles. The molecule has 2 heteroatoms. The summed E-state index contributed by atoms with van der Waals surface area (Å²) in [5.74, 6) is 0.877. The highest BCUT2D eigenvalue weighted by Crippen LogP contribution is 2.37. The van der Waals surface area contributed by atoms with Crippen LogP contribution in [0.5, 0.6) is 5.75 Å². The number of nitriles is 1. The van der Waals surface area contributed by atoms with Crippen molar-refractivity contribution in [2.24, 2.45) is 5.41 Å². The van der Waals surface area contributed by atoms with Gasteiger partial charge in [-0.05, 0) is 42.5 Å². The molecule has 0 heterocycles. The van der Waals surface area contributed by atoms with Gasteiger partial charge in [-0.1, -0.05) is 42.5 Å². The smallest absolute Gasteiger partial charge is 0.119 e. The SMILES string of the molecule is N#CC1(CCOc2ccccc2)CCc2ccccc2C1. The molecule has 0 bridgehead atoms. The third-order valence-corrected chi connectivity index (χ3v) is 4.35. The van der Waals surface area contributed by atoms with Gasteiger partial charge in [0.25, 0.3) is 0 Å². The van der Waals surface area contributed by atoms with Crippen LogP contribution in [0.25, 0.3) is 0 Å². The Bertz CT molecular complexity index is 644. The van der Waals surface area contributed by atoms with Gasteiger partial charge in [-0.2, -0.15) is 5.26 Å². The van der Waals surface area contributed by atoms with Gasteiger partial charge in [0.05, 0.1) is 18.1 Å². The monoisotopic (exact) mass is 277 g/mol. The zero-order chi connectivity index (χ0) is 14.5. The van der Waals surface area contributed by atoms with Gasteiger partial charge in [0.15, 0.2) is 0 Å². The van der Waals surface area contributed by atoms with E-state index in [0.29, 0.717) is 6.61 Å². The van der Waals surface area contributed by atoms with Crippen molar-refractivity contribution >= 4 is 0 Å². The molecule has 0 saturated carbocycles. The van der Waals surface area contributed by atoms with Gasteiger partial charge >= 0.3 is 0 Å². The summed E-state index contributed by atoms with van der Waals surface area (Å²) < 4.78 is 5.77. The van der Waals surface area contributed by atoms with Crippen LogP contribution >= 0.6 is 0 Å². The van der Waals surface area contributed by atoms with Crippen LogP contribution in [-0.2, 0) is 12.8 Å². The summed E-state index contributed by atoms with van der Waals surface area (Å²) in [7, 11) is 0. The molecule has 0 N–H and O–H groups in total. The normalized spacial score (nSPS) is 20.3. The van der Waals surface area contributed by atoms with E-state index in [2.05, 4.69) is 30.3 Å². The lowest BCUT2D eigenvalue weighted by molar-refractivity contribution is 0.224. The van der Waals surface area contributed by atoms with Gasteiger partial charge in [-0.15, -0.1) is 0 Å². The third-order valence-electron chi connectivity index (χ3n) is 4.35. The predicted octanol–water partition coefficient (Wildman–Crippen LogP) is 4.15. The van der Waals surface area contributed by atoms with Crippen LogP contribution in [0, 0.1) is 16.7 Å². The number of para-hydroxylation sites is 1. The van der Waals surface area contributed by atoms with Gasteiger partial charge < -0.3 is 4.74 Å². The van der Waals surface area contributed by atoms with Crippen molar-refractivity contribution in [3.8, 4) is 11.8 Å². The van der Waals surface area contributed by atoms with Crippen LogP contribution < -0.4 is 4.74 Å². The molecule has 0 spiro atoms. The minimum Gasteiger partial charge on any atom is -0.494 e. The van der Waals surface area contributed by atoms with Crippen molar-refractivity contribution in [1.82, 2.24) is 0 Å². The van der Waals surface area contributed by atoms with E-state index in [1.165, 1.54) is 11.1 Å². The highest BCUT2D eigenvalue weighted by molar-refractivity contribution is 5.33. The Morgan fingerprint density at radius 1 is 1.00 bits per heavy atom. The Morgan fingerprint density at radius 3 is 2.48 bits per heavy atom. The van der Waals surface area contributed by atoms with E-state index in [9.17, 15) is 5.26 Å². The molecule has 0 aliphatic heterocycles. The molecule has 106 valence electrons. The number of nitrogens with zero attached hydrogens (tertiary/aromatic N) is 1. The number of benzene rings is 2. The molecule has 0 amide bonds. The van der Waals surface area contributed by atoms with Crippen LogP contribution in [0.2, 0.25) is 0 Å². The first-order valence-electron chi connectivity index (χ1n) is 7.47. The summed E-state index contributed by atoms with van der Waals surface area (Å²) in [4.78, 5) is 0. The minimum atomic E-state index is -0.275. The quantitative estimate of drug-likeness (QED) is 0.841. The third kappa shape index (κ3) is 3.08. The Kier molecular flexibility index (Phi) is 3.92. The molecule has 1 aliphatic rings. The van der Waals surface area contributed by atoms with E-state index in [-0.39, 0.29) is 5.41 Å². The van der Waals surface area contributed by atoms with Crippen LogP contribution in [0.3, 0.4) is 0 Å². The van der Waals surface area contributed by atoms with Crippen LogP contribution in [0.15, 0.2) is 54.6 Å². The van der Waals surface area contributed by atoms with Gasteiger partial charge in [0.1, 0.15) is 5.75 Å². The number of ether oxygens (including phenoxy) is 1. The first-order chi connectivity index (χ1) is 10.3. The molecule has 2 aromatic rings. The van der Waals surface area contributed by atoms with E-state index in [4.69, 9.17) is 4.74 Å². The lowest BCUT2D eigenvalue weighted by Gasteiger charge is -2.32. The highest BCUT2D eigenvalue weighted by atomic mass is 16.5. The van der Waals surface area contributed by atoms with Crippen molar-refractivity contribution in [2.45, 2.75) is 25.7 Å².